The zero-order chi connectivity index (χ0) is 9.07. The maximum Gasteiger partial charge on any atom is 1.00 e. The average Bonchev–Trinajstić information content (AvgIpc) is 1.80. The Morgan fingerprint density at radius 2 is 1.92 bits per heavy atom. The zero-order valence-electron chi connectivity index (χ0n) is 6.50. The van der Waals surface area contributed by atoms with Crippen LogP contribution in [0.2, 0.25) is 0 Å². The molecule has 0 amide bonds. The Morgan fingerprint density at radius 1 is 1.50 bits per heavy atom. The van der Waals surface area contributed by atoms with E-state index >= 15 is 0 Å². The van der Waals surface area contributed by atoms with Gasteiger partial charge in [0.15, 0.2) is 5.44 Å². The molecule has 6 nitrogen and oxygen atoms in total. The van der Waals surface area contributed by atoms with E-state index in [4.69, 9.17) is 10.2 Å². The summed E-state index contributed by atoms with van der Waals surface area (Å²) >= 11 is -0.00347. The van der Waals surface area contributed by atoms with Crippen molar-refractivity contribution in [3.05, 3.63) is 0 Å². The fourth-order valence-electron chi connectivity index (χ4n) is 0.169. The molecule has 0 saturated carbocycles. The van der Waals surface area contributed by atoms with Gasteiger partial charge in [-0.3, -0.25) is 0 Å². The Balaban J connectivity index is 0. The van der Waals surface area contributed by atoms with E-state index in [1.165, 1.54) is 6.92 Å². The summed E-state index contributed by atoms with van der Waals surface area (Å²) < 4.78 is 32.9. The van der Waals surface area contributed by atoms with Crippen molar-refractivity contribution in [3.8, 4) is 0 Å². The number of aliphatic hydroxyl groups is 2. The van der Waals surface area contributed by atoms with Gasteiger partial charge >= 0.3 is 51.4 Å². The van der Waals surface area contributed by atoms with Gasteiger partial charge in [0, 0.05) is 12.0 Å². The fraction of sp³-hybridized carbons (Fsp3) is 1.00. The molecule has 0 spiro atoms. The van der Waals surface area contributed by atoms with E-state index in [0.717, 1.165) is 0 Å². The minimum atomic E-state index is -4.81. The van der Waals surface area contributed by atoms with E-state index < -0.39 is 21.9 Å². The Labute approximate surface area is 117 Å². The second kappa shape index (κ2) is 7.12. The molecule has 0 aromatic rings. The Hall–Kier alpha value is 1.78. The second-order valence-corrected chi connectivity index (χ2v) is 3.74. The molecule has 2 unspecified atom stereocenters. The summed E-state index contributed by atoms with van der Waals surface area (Å²) in [5.41, 5.74) is -1.45. The number of rotatable bonds is 4. The predicted octanol–water partition coefficient (Wildman–Crippen LogP) is -4.19. The summed E-state index contributed by atoms with van der Waals surface area (Å²) in [6.45, 7) is 1.22. The van der Waals surface area contributed by atoms with Gasteiger partial charge in [0.05, 0.1) is 6.10 Å². The molecule has 0 aliphatic rings. The summed E-state index contributed by atoms with van der Waals surface area (Å²) in [5.74, 6) is 0. The van der Waals surface area contributed by atoms with Gasteiger partial charge in [-0.2, -0.15) is 0 Å². The number of aliphatic hydroxyl groups excluding tert-OH is 2. The molecule has 2 atom stereocenters. The molecular formula is C3H7KO6S2. The van der Waals surface area contributed by atoms with Gasteiger partial charge in [-0.1, -0.05) is 0 Å². The van der Waals surface area contributed by atoms with E-state index in [0.29, 0.717) is 0 Å². The summed E-state index contributed by atoms with van der Waals surface area (Å²) in [6, 6.07) is 0. The third kappa shape index (κ3) is 9.86. The molecule has 12 heavy (non-hydrogen) atoms. The molecule has 0 saturated heterocycles. The molecular weight excluding hydrogens is 235 g/mol. The summed E-state index contributed by atoms with van der Waals surface area (Å²) in [5, 5.41) is 17.2. The second-order valence-electron chi connectivity index (χ2n) is 1.70. The molecule has 0 heterocycles. The van der Waals surface area contributed by atoms with Crippen molar-refractivity contribution in [3.63, 3.8) is 0 Å². The maximum absolute atomic E-state index is 9.77. The monoisotopic (exact) mass is 242 g/mol. The summed E-state index contributed by atoms with van der Waals surface area (Å²) in [6.07, 6.45) is -1.17. The molecule has 2 N–H and O–H groups in total. The van der Waals surface area contributed by atoms with E-state index in [2.05, 4.69) is 3.63 Å². The third-order valence-electron chi connectivity index (χ3n) is 0.634. The van der Waals surface area contributed by atoms with Crippen LogP contribution in [-0.2, 0) is 14.0 Å². The molecule has 0 bridgehead atoms. The van der Waals surface area contributed by atoms with Crippen molar-refractivity contribution >= 4 is 22.4 Å². The normalized spacial score (nSPS) is 16.3. The van der Waals surface area contributed by atoms with Gasteiger partial charge in [-0.05, 0) is 6.92 Å². The zero-order valence-corrected chi connectivity index (χ0v) is 11.3. The first-order chi connectivity index (χ1) is 4.83. The molecule has 0 aromatic heterocycles. The van der Waals surface area contributed by atoms with E-state index in [9.17, 15) is 13.0 Å². The molecule has 0 radical (unpaired) electrons. The quantitative estimate of drug-likeness (QED) is 0.169. The van der Waals surface area contributed by atoms with Crippen LogP contribution in [0.25, 0.3) is 0 Å². The minimum Gasteiger partial charge on any atom is -0.725 e. The van der Waals surface area contributed by atoms with Crippen LogP contribution in [0, 0.1) is 0 Å². The summed E-state index contributed by atoms with van der Waals surface area (Å²) in [7, 11) is -4.81. The molecule has 0 fully saturated rings. The first-order valence-electron chi connectivity index (χ1n) is 2.50. The van der Waals surface area contributed by atoms with Crippen molar-refractivity contribution in [2.75, 3.05) is 0 Å². The van der Waals surface area contributed by atoms with Crippen molar-refractivity contribution in [2.24, 2.45) is 0 Å². The van der Waals surface area contributed by atoms with Gasteiger partial charge in [0.25, 0.3) is 0 Å². The van der Waals surface area contributed by atoms with Crippen LogP contribution in [0.3, 0.4) is 0 Å². The van der Waals surface area contributed by atoms with Gasteiger partial charge in [-0.15, -0.1) is 0 Å². The third-order valence-corrected chi connectivity index (χ3v) is 2.21. The topological polar surface area (TPSA) is 107 Å². The van der Waals surface area contributed by atoms with Crippen molar-refractivity contribution in [2.45, 2.75) is 18.5 Å². The Bertz CT molecular complexity index is 201. The van der Waals surface area contributed by atoms with Crippen molar-refractivity contribution in [1.29, 1.82) is 0 Å². The molecule has 68 valence electrons. The van der Waals surface area contributed by atoms with E-state index in [1.807, 2.05) is 0 Å². The smallest absolute Gasteiger partial charge is 0.725 e. The average molecular weight is 242 g/mol. The minimum absolute atomic E-state index is 0. The van der Waals surface area contributed by atoms with Crippen LogP contribution in [-0.4, -0.2) is 34.7 Å². The van der Waals surface area contributed by atoms with Crippen LogP contribution in [0.1, 0.15) is 6.92 Å². The number of hydrogen-bond acceptors (Lipinski definition) is 7. The first kappa shape index (κ1) is 16.2. The van der Waals surface area contributed by atoms with Crippen molar-refractivity contribution in [1.82, 2.24) is 0 Å². The Kier molecular flexibility index (Phi) is 9.62. The number of hydrogen-bond donors (Lipinski definition) is 2. The standard InChI is InChI=1S/C3H8O6S2.K/c1-2(4)3(5)10-9-11(6,7)8;/h2-5H,1H3,(H,6,7,8);/q;+1/p-1. The van der Waals surface area contributed by atoms with E-state index in [1.54, 1.807) is 0 Å². The largest absolute Gasteiger partial charge is 1.00 e. The molecule has 0 aliphatic heterocycles. The molecule has 0 rings (SSSR count). The van der Waals surface area contributed by atoms with Crippen LogP contribution >= 0.6 is 12.0 Å². The van der Waals surface area contributed by atoms with Gasteiger partial charge in [0.2, 0.25) is 10.4 Å². The predicted molar refractivity (Wildman–Crippen MR) is 36.1 cm³/mol. The van der Waals surface area contributed by atoms with Gasteiger partial charge in [0.1, 0.15) is 0 Å². The molecule has 9 heteroatoms. The molecule has 0 aromatic carbocycles. The fourth-order valence-corrected chi connectivity index (χ4v) is 1.04. The molecule has 0 aliphatic carbocycles. The SMILES string of the molecule is CC(O)C(O)SOS(=O)(=O)[O-].[K+]. The first-order valence-corrected chi connectivity index (χ1v) is 4.63. The van der Waals surface area contributed by atoms with Crippen LogP contribution in [0.4, 0.5) is 0 Å². The Morgan fingerprint density at radius 3 is 2.17 bits per heavy atom. The van der Waals surface area contributed by atoms with Crippen LogP contribution in [0.15, 0.2) is 0 Å². The van der Waals surface area contributed by atoms with Crippen LogP contribution < -0.4 is 51.4 Å². The van der Waals surface area contributed by atoms with Crippen molar-refractivity contribution < 1.29 is 78.2 Å². The van der Waals surface area contributed by atoms with Gasteiger partial charge < -0.3 is 14.8 Å². The van der Waals surface area contributed by atoms with Crippen LogP contribution in [0.5, 0.6) is 0 Å². The maximum atomic E-state index is 9.77. The van der Waals surface area contributed by atoms with E-state index in [-0.39, 0.29) is 63.4 Å². The summed E-state index contributed by atoms with van der Waals surface area (Å²) in [4.78, 5) is 0. The van der Waals surface area contributed by atoms with Gasteiger partial charge in [-0.25, -0.2) is 12.0 Å².